The Kier molecular flexibility index (Phi) is 4.73. The van der Waals surface area contributed by atoms with E-state index >= 15 is 0 Å². The molecule has 2 aliphatic heterocycles. The third-order valence-electron chi connectivity index (χ3n) is 5.05. The first-order valence-electron chi connectivity index (χ1n) is 8.18. The fourth-order valence-corrected chi connectivity index (χ4v) is 5.47. The Balaban J connectivity index is 1.61. The molecule has 0 bridgehead atoms. The first-order chi connectivity index (χ1) is 11.0. The van der Waals surface area contributed by atoms with Gasteiger partial charge in [-0.1, -0.05) is 24.3 Å². The van der Waals surface area contributed by atoms with Crippen LogP contribution in [0, 0.1) is 5.92 Å². The normalized spacial score (nSPS) is 24.7. The molecule has 0 saturated carbocycles. The lowest BCUT2D eigenvalue weighted by Crippen LogP contribution is -2.41. The molecular weight excluding hydrogens is 314 g/mol. The van der Waals surface area contributed by atoms with Gasteiger partial charge in [0.2, 0.25) is 5.91 Å². The van der Waals surface area contributed by atoms with Crippen molar-refractivity contribution < 1.29 is 18.3 Å². The monoisotopic (exact) mass is 337 g/mol. The second-order valence-electron chi connectivity index (χ2n) is 6.56. The zero-order valence-electron chi connectivity index (χ0n) is 13.1. The van der Waals surface area contributed by atoms with Crippen LogP contribution in [0.25, 0.3) is 0 Å². The Morgan fingerprint density at radius 3 is 2.48 bits per heavy atom. The van der Waals surface area contributed by atoms with Crippen LogP contribution in [-0.2, 0) is 21.2 Å². The van der Waals surface area contributed by atoms with E-state index in [4.69, 9.17) is 0 Å². The molecule has 2 fully saturated rings. The smallest absolute Gasteiger partial charge is 0.226 e. The lowest BCUT2D eigenvalue weighted by molar-refractivity contribution is -0.135. The van der Waals surface area contributed by atoms with Gasteiger partial charge in [-0.25, -0.2) is 8.42 Å². The highest BCUT2D eigenvalue weighted by atomic mass is 32.2. The SMILES string of the molecule is O=C(C1CCS(=O)(=O)C1)N1CCC(c2ccccc2CO)CC1. The number of hydrogen-bond donors (Lipinski definition) is 1. The Morgan fingerprint density at radius 1 is 1.17 bits per heavy atom. The zero-order valence-corrected chi connectivity index (χ0v) is 14.0. The predicted molar refractivity (Wildman–Crippen MR) is 87.7 cm³/mol. The van der Waals surface area contributed by atoms with Crippen LogP contribution in [-0.4, -0.2) is 48.9 Å². The van der Waals surface area contributed by atoms with Gasteiger partial charge < -0.3 is 10.0 Å². The second-order valence-corrected chi connectivity index (χ2v) is 8.79. The van der Waals surface area contributed by atoms with Crippen LogP contribution in [0.4, 0.5) is 0 Å². The molecule has 2 saturated heterocycles. The number of likely N-dealkylation sites (tertiary alicyclic amines) is 1. The lowest BCUT2D eigenvalue weighted by Gasteiger charge is -2.34. The van der Waals surface area contributed by atoms with Gasteiger partial charge in [-0.2, -0.15) is 0 Å². The molecule has 0 aromatic heterocycles. The van der Waals surface area contributed by atoms with Crippen molar-refractivity contribution in [3.8, 4) is 0 Å². The summed E-state index contributed by atoms with van der Waals surface area (Å²) in [4.78, 5) is 14.3. The van der Waals surface area contributed by atoms with Crippen LogP contribution >= 0.6 is 0 Å². The second kappa shape index (κ2) is 6.61. The molecule has 0 aliphatic carbocycles. The number of sulfone groups is 1. The number of hydrogen-bond acceptors (Lipinski definition) is 4. The Hall–Kier alpha value is -1.40. The third-order valence-corrected chi connectivity index (χ3v) is 6.82. The first-order valence-corrected chi connectivity index (χ1v) is 10.00. The van der Waals surface area contributed by atoms with Crippen molar-refractivity contribution in [2.45, 2.75) is 31.8 Å². The number of rotatable bonds is 3. The molecule has 1 atom stereocenters. The number of carbonyl (C=O) groups excluding carboxylic acids is 1. The summed E-state index contributed by atoms with van der Waals surface area (Å²) in [7, 11) is -3.02. The maximum Gasteiger partial charge on any atom is 0.226 e. The summed E-state index contributed by atoms with van der Waals surface area (Å²) in [5.41, 5.74) is 2.13. The lowest BCUT2D eigenvalue weighted by atomic mass is 9.86. The number of carbonyl (C=O) groups is 1. The van der Waals surface area contributed by atoms with Crippen molar-refractivity contribution >= 4 is 15.7 Å². The van der Waals surface area contributed by atoms with Crippen LogP contribution < -0.4 is 0 Å². The fourth-order valence-electron chi connectivity index (χ4n) is 3.74. The minimum absolute atomic E-state index is 0.0000293. The van der Waals surface area contributed by atoms with Crippen molar-refractivity contribution in [3.05, 3.63) is 35.4 Å². The van der Waals surface area contributed by atoms with Crippen LogP contribution in [0.5, 0.6) is 0 Å². The molecule has 0 radical (unpaired) electrons. The van der Waals surface area contributed by atoms with Gasteiger partial charge in [0.1, 0.15) is 0 Å². The molecule has 1 aromatic rings. The van der Waals surface area contributed by atoms with Gasteiger partial charge in [-0.05, 0) is 36.3 Å². The summed E-state index contributed by atoms with van der Waals surface area (Å²) in [5, 5.41) is 9.46. The van der Waals surface area contributed by atoms with E-state index in [1.54, 1.807) is 0 Å². The maximum absolute atomic E-state index is 12.5. The molecule has 126 valence electrons. The minimum Gasteiger partial charge on any atom is -0.392 e. The summed E-state index contributed by atoms with van der Waals surface area (Å²) in [6.45, 7) is 1.37. The van der Waals surface area contributed by atoms with E-state index in [9.17, 15) is 18.3 Å². The zero-order chi connectivity index (χ0) is 16.4. The summed E-state index contributed by atoms with van der Waals surface area (Å²) < 4.78 is 23.1. The molecule has 3 rings (SSSR count). The third kappa shape index (κ3) is 3.58. The molecule has 2 heterocycles. The van der Waals surface area contributed by atoms with Crippen molar-refractivity contribution in [2.24, 2.45) is 5.92 Å². The van der Waals surface area contributed by atoms with E-state index in [1.165, 1.54) is 5.56 Å². The van der Waals surface area contributed by atoms with Crippen molar-refractivity contribution in [3.63, 3.8) is 0 Å². The van der Waals surface area contributed by atoms with E-state index < -0.39 is 9.84 Å². The standard InChI is InChI=1S/C17H23NO4S/c19-11-14-3-1-2-4-16(14)13-5-8-18(9-6-13)17(20)15-7-10-23(21,22)12-15/h1-4,13,15,19H,5-12H2. The molecule has 2 aliphatic rings. The van der Waals surface area contributed by atoms with Crippen LogP contribution in [0.15, 0.2) is 24.3 Å². The van der Waals surface area contributed by atoms with E-state index in [0.29, 0.717) is 25.4 Å². The number of aliphatic hydroxyl groups excluding tert-OH is 1. The van der Waals surface area contributed by atoms with Crippen molar-refractivity contribution in [2.75, 3.05) is 24.6 Å². The largest absolute Gasteiger partial charge is 0.392 e. The molecule has 1 amide bonds. The maximum atomic E-state index is 12.5. The highest BCUT2D eigenvalue weighted by molar-refractivity contribution is 7.91. The number of piperidine rings is 1. The Labute approximate surface area is 137 Å². The average Bonchev–Trinajstić information content (AvgIpc) is 2.94. The van der Waals surface area contributed by atoms with E-state index in [2.05, 4.69) is 6.07 Å². The van der Waals surface area contributed by atoms with Gasteiger partial charge >= 0.3 is 0 Å². The molecule has 1 N–H and O–H groups in total. The van der Waals surface area contributed by atoms with Crippen LogP contribution in [0.1, 0.15) is 36.3 Å². The van der Waals surface area contributed by atoms with Gasteiger partial charge in [0.05, 0.1) is 24.0 Å². The van der Waals surface area contributed by atoms with Gasteiger partial charge in [0, 0.05) is 13.1 Å². The quantitative estimate of drug-likeness (QED) is 0.903. The van der Waals surface area contributed by atoms with E-state index in [-0.39, 0.29) is 29.9 Å². The molecule has 23 heavy (non-hydrogen) atoms. The number of benzene rings is 1. The fraction of sp³-hybridized carbons (Fsp3) is 0.588. The summed E-state index contributed by atoms with van der Waals surface area (Å²) in [6, 6.07) is 7.90. The van der Waals surface area contributed by atoms with Crippen LogP contribution in [0.3, 0.4) is 0 Å². The molecular formula is C17H23NO4S. The highest BCUT2D eigenvalue weighted by Crippen LogP contribution is 2.31. The van der Waals surface area contributed by atoms with Gasteiger partial charge in [-0.15, -0.1) is 0 Å². The van der Waals surface area contributed by atoms with Gasteiger partial charge in [0.15, 0.2) is 9.84 Å². The highest BCUT2D eigenvalue weighted by Gasteiger charge is 2.36. The number of amides is 1. The Morgan fingerprint density at radius 2 is 1.87 bits per heavy atom. The van der Waals surface area contributed by atoms with Gasteiger partial charge in [0.25, 0.3) is 0 Å². The minimum atomic E-state index is -3.02. The van der Waals surface area contributed by atoms with Crippen molar-refractivity contribution in [1.29, 1.82) is 0 Å². The molecule has 0 spiro atoms. The number of nitrogens with zero attached hydrogens (tertiary/aromatic N) is 1. The molecule has 1 unspecified atom stereocenters. The summed E-state index contributed by atoms with van der Waals surface area (Å²) >= 11 is 0. The predicted octanol–water partition coefficient (Wildman–Crippen LogP) is 1.32. The Bertz CT molecular complexity index is 678. The van der Waals surface area contributed by atoms with Crippen LogP contribution in [0.2, 0.25) is 0 Å². The molecule has 1 aromatic carbocycles. The van der Waals surface area contributed by atoms with E-state index in [1.807, 2.05) is 23.1 Å². The van der Waals surface area contributed by atoms with Crippen molar-refractivity contribution in [1.82, 2.24) is 4.90 Å². The first kappa shape index (κ1) is 16.5. The topological polar surface area (TPSA) is 74.7 Å². The molecule has 5 nitrogen and oxygen atoms in total. The number of aliphatic hydroxyl groups is 1. The summed E-state index contributed by atoms with van der Waals surface area (Å²) in [5.74, 6) is 0.166. The van der Waals surface area contributed by atoms with Gasteiger partial charge in [-0.3, -0.25) is 4.79 Å². The molecule has 6 heteroatoms. The van der Waals surface area contributed by atoms with E-state index in [0.717, 1.165) is 18.4 Å². The average molecular weight is 337 g/mol. The summed E-state index contributed by atoms with van der Waals surface area (Å²) in [6.07, 6.45) is 2.19.